The molecule has 0 amide bonds. The number of carbonyl (C=O) groups is 1. The Morgan fingerprint density at radius 3 is 2.60 bits per heavy atom. The van der Waals surface area contributed by atoms with Crippen LogP contribution in [-0.4, -0.2) is 13.1 Å². The lowest BCUT2D eigenvalue weighted by Crippen LogP contribution is -2.21. The van der Waals surface area contributed by atoms with Crippen molar-refractivity contribution in [1.29, 1.82) is 0 Å². The Bertz CT molecular complexity index is 661. The van der Waals surface area contributed by atoms with Gasteiger partial charge in [-0.1, -0.05) is 36.4 Å². The van der Waals surface area contributed by atoms with E-state index in [-0.39, 0.29) is 11.9 Å². The van der Waals surface area contributed by atoms with E-state index in [1.165, 1.54) is 11.1 Å². The standard InChI is InChI=1S/C17H16O3/c1-11-6-3-4-7-12(11)14-10-16(18)20-17-13(14)8-5-9-15(17)19-2/h3-9,14H,10H2,1-2H3/t14-/m1/s1. The maximum Gasteiger partial charge on any atom is 0.312 e. The minimum atomic E-state index is -0.213. The molecule has 0 aliphatic carbocycles. The molecule has 0 fully saturated rings. The molecule has 1 aliphatic rings. The average molecular weight is 268 g/mol. The van der Waals surface area contributed by atoms with Crippen molar-refractivity contribution in [3.63, 3.8) is 0 Å². The van der Waals surface area contributed by atoms with Gasteiger partial charge in [-0.3, -0.25) is 4.79 Å². The summed E-state index contributed by atoms with van der Waals surface area (Å²) in [7, 11) is 1.58. The van der Waals surface area contributed by atoms with Crippen molar-refractivity contribution in [1.82, 2.24) is 0 Å². The maximum atomic E-state index is 11.9. The summed E-state index contributed by atoms with van der Waals surface area (Å²) in [5, 5.41) is 0. The van der Waals surface area contributed by atoms with E-state index in [4.69, 9.17) is 9.47 Å². The summed E-state index contributed by atoms with van der Waals surface area (Å²) in [5.41, 5.74) is 3.36. The third-order valence-electron chi connectivity index (χ3n) is 3.76. The molecule has 0 unspecified atom stereocenters. The largest absolute Gasteiger partial charge is 0.493 e. The van der Waals surface area contributed by atoms with E-state index < -0.39 is 0 Å². The van der Waals surface area contributed by atoms with Gasteiger partial charge in [0.15, 0.2) is 11.5 Å². The topological polar surface area (TPSA) is 35.5 Å². The molecule has 3 nitrogen and oxygen atoms in total. The molecule has 0 saturated carbocycles. The molecule has 1 aliphatic heterocycles. The van der Waals surface area contributed by atoms with Crippen LogP contribution in [-0.2, 0) is 4.79 Å². The molecule has 0 radical (unpaired) electrons. The molecule has 0 bridgehead atoms. The van der Waals surface area contributed by atoms with Crippen molar-refractivity contribution in [3.05, 3.63) is 59.2 Å². The minimum absolute atomic E-state index is 0.0301. The van der Waals surface area contributed by atoms with E-state index in [9.17, 15) is 4.79 Å². The van der Waals surface area contributed by atoms with Crippen molar-refractivity contribution >= 4 is 5.97 Å². The number of fused-ring (bicyclic) bond motifs is 1. The van der Waals surface area contributed by atoms with E-state index in [1.807, 2.05) is 30.3 Å². The molecule has 0 N–H and O–H groups in total. The Hall–Kier alpha value is -2.29. The van der Waals surface area contributed by atoms with E-state index in [0.717, 1.165) is 5.56 Å². The third-order valence-corrected chi connectivity index (χ3v) is 3.76. The van der Waals surface area contributed by atoms with Crippen LogP contribution < -0.4 is 9.47 Å². The summed E-state index contributed by atoms with van der Waals surface area (Å²) in [6, 6.07) is 13.9. The summed E-state index contributed by atoms with van der Waals surface area (Å²) in [6.07, 6.45) is 0.366. The number of para-hydroxylation sites is 1. The second-order valence-electron chi connectivity index (χ2n) is 4.97. The average Bonchev–Trinajstić information content (AvgIpc) is 2.46. The number of benzene rings is 2. The number of aryl methyl sites for hydroxylation is 1. The first-order valence-corrected chi connectivity index (χ1v) is 6.64. The van der Waals surface area contributed by atoms with Gasteiger partial charge >= 0.3 is 5.97 Å². The lowest BCUT2D eigenvalue weighted by atomic mass is 9.84. The van der Waals surface area contributed by atoms with Gasteiger partial charge < -0.3 is 9.47 Å². The van der Waals surface area contributed by atoms with Gasteiger partial charge in [-0.05, 0) is 24.1 Å². The summed E-state index contributed by atoms with van der Waals surface area (Å²) in [5.74, 6) is 0.978. The normalized spacial score (nSPS) is 17.3. The molecule has 1 atom stereocenters. The quantitative estimate of drug-likeness (QED) is 0.618. The van der Waals surface area contributed by atoms with Gasteiger partial charge in [0.1, 0.15) is 0 Å². The van der Waals surface area contributed by atoms with Crippen molar-refractivity contribution in [3.8, 4) is 11.5 Å². The van der Waals surface area contributed by atoms with Crippen LogP contribution in [0.15, 0.2) is 42.5 Å². The lowest BCUT2D eigenvalue weighted by Gasteiger charge is -2.27. The highest BCUT2D eigenvalue weighted by atomic mass is 16.6. The summed E-state index contributed by atoms with van der Waals surface area (Å²) in [6.45, 7) is 2.06. The molecule has 0 saturated heterocycles. The fraction of sp³-hybridized carbons (Fsp3) is 0.235. The number of hydrogen-bond acceptors (Lipinski definition) is 3. The van der Waals surface area contributed by atoms with Crippen LogP contribution >= 0.6 is 0 Å². The zero-order chi connectivity index (χ0) is 14.1. The molecule has 20 heavy (non-hydrogen) atoms. The smallest absolute Gasteiger partial charge is 0.312 e. The van der Waals surface area contributed by atoms with Gasteiger partial charge in [0, 0.05) is 11.5 Å². The van der Waals surface area contributed by atoms with Crippen molar-refractivity contribution in [2.75, 3.05) is 7.11 Å². The van der Waals surface area contributed by atoms with Crippen LogP contribution in [0.5, 0.6) is 11.5 Å². The van der Waals surface area contributed by atoms with Gasteiger partial charge in [0.05, 0.1) is 13.5 Å². The number of carbonyl (C=O) groups excluding carboxylic acids is 1. The third kappa shape index (κ3) is 2.05. The fourth-order valence-corrected chi connectivity index (χ4v) is 2.76. The molecule has 2 aromatic rings. The molecule has 3 heteroatoms. The predicted octanol–water partition coefficient (Wildman–Crippen LogP) is 3.44. The number of methoxy groups -OCH3 is 1. The van der Waals surface area contributed by atoms with Gasteiger partial charge in [-0.15, -0.1) is 0 Å². The zero-order valence-corrected chi connectivity index (χ0v) is 11.6. The van der Waals surface area contributed by atoms with E-state index in [0.29, 0.717) is 17.9 Å². The highest BCUT2D eigenvalue weighted by Crippen LogP contribution is 2.44. The molecule has 2 aromatic carbocycles. The van der Waals surface area contributed by atoms with Gasteiger partial charge in [-0.2, -0.15) is 0 Å². The van der Waals surface area contributed by atoms with Gasteiger partial charge in [0.2, 0.25) is 0 Å². The van der Waals surface area contributed by atoms with Gasteiger partial charge in [0.25, 0.3) is 0 Å². The van der Waals surface area contributed by atoms with Crippen LogP contribution in [0, 0.1) is 6.92 Å². The van der Waals surface area contributed by atoms with Crippen molar-refractivity contribution in [2.24, 2.45) is 0 Å². The Labute approximate surface area is 118 Å². The minimum Gasteiger partial charge on any atom is -0.493 e. The Balaban J connectivity index is 2.16. The highest BCUT2D eigenvalue weighted by Gasteiger charge is 2.31. The second-order valence-corrected chi connectivity index (χ2v) is 4.97. The summed E-state index contributed by atoms with van der Waals surface area (Å²) in [4.78, 5) is 11.9. The van der Waals surface area contributed by atoms with Crippen molar-refractivity contribution in [2.45, 2.75) is 19.3 Å². The molecular weight excluding hydrogens is 252 g/mol. The number of rotatable bonds is 2. The lowest BCUT2D eigenvalue weighted by molar-refractivity contribution is -0.135. The van der Waals surface area contributed by atoms with Crippen molar-refractivity contribution < 1.29 is 14.3 Å². The molecule has 3 rings (SSSR count). The maximum absolute atomic E-state index is 11.9. The summed E-state index contributed by atoms with van der Waals surface area (Å²) < 4.78 is 10.7. The zero-order valence-electron chi connectivity index (χ0n) is 11.6. The number of esters is 1. The predicted molar refractivity (Wildman–Crippen MR) is 76.3 cm³/mol. The van der Waals surface area contributed by atoms with Crippen LogP contribution in [0.3, 0.4) is 0 Å². The number of ether oxygens (including phenoxy) is 2. The van der Waals surface area contributed by atoms with Crippen LogP contribution in [0.1, 0.15) is 29.0 Å². The molecule has 0 spiro atoms. The first kappa shape index (κ1) is 12.7. The highest BCUT2D eigenvalue weighted by molar-refractivity contribution is 5.79. The first-order valence-electron chi connectivity index (χ1n) is 6.64. The monoisotopic (exact) mass is 268 g/mol. The summed E-state index contributed by atoms with van der Waals surface area (Å²) >= 11 is 0. The number of hydrogen-bond donors (Lipinski definition) is 0. The van der Waals surface area contributed by atoms with Gasteiger partial charge in [-0.25, -0.2) is 0 Å². The fourth-order valence-electron chi connectivity index (χ4n) is 2.76. The van der Waals surface area contributed by atoms with Crippen LogP contribution in [0.2, 0.25) is 0 Å². The van der Waals surface area contributed by atoms with Crippen LogP contribution in [0.4, 0.5) is 0 Å². The van der Waals surface area contributed by atoms with E-state index in [1.54, 1.807) is 7.11 Å². The Morgan fingerprint density at radius 2 is 1.85 bits per heavy atom. The Morgan fingerprint density at radius 1 is 1.10 bits per heavy atom. The molecule has 102 valence electrons. The second kappa shape index (κ2) is 5.00. The van der Waals surface area contributed by atoms with E-state index >= 15 is 0 Å². The Kier molecular flexibility index (Phi) is 3.18. The first-order chi connectivity index (χ1) is 9.70. The SMILES string of the molecule is COc1cccc2c1OC(=O)C[C@@H]2c1ccccc1C. The molecule has 0 aromatic heterocycles. The van der Waals surface area contributed by atoms with E-state index in [2.05, 4.69) is 19.1 Å². The molecule has 1 heterocycles. The van der Waals surface area contributed by atoms with Crippen LogP contribution in [0.25, 0.3) is 0 Å². The molecular formula is C17H16O3.